The third kappa shape index (κ3) is 37.7. The zero-order chi connectivity index (χ0) is 26.5. The van der Waals surface area contributed by atoms with E-state index in [4.69, 9.17) is 15.3 Å². The number of rotatable bonds is 2. The first kappa shape index (κ1) is 36.9. The number of aliphatic hydroxyl groups excluding tert-OH is 1. The van der Waals surface area contributed by atoms with Crippen LogP contribution in [0.2, 0.25) is 0 Å². The van der Waals surface area contributed by atoms with Gasteiger partial charge < -0.3 is 15.3 Å². The van der Waals surface area contributed by atoms with Crippen LogP contribution in [0.4, 0.5) is 0 Å². The van der Waals surface area contributed by atoms with Gasteiger partial charge in [0.05, 0.1) is 0 Å². The summed E-state index contributed by atoms with van der Waals surface area (Å²) in [7, 11) is 1.00. The minimum absolute atomic E-state index is 0.176. The highest BCUT2D eigenvalue weighted by Crippen LogP contribution is 2.16. The zero-order valence-electron chi connectivity index (χ0n) is 22.7. The molecule has 5 heteroatoms. The van der Waals surface area contributed by atoms with Crippen LogP contribution in [0.3, 0.4) is 0 Å². The summed E-state index contributed by atoms with van der Waals surface area (Å²) in [6.07, 6.45) is 30.0. The summed E-state index contributed by atoms with van der Waals surface area (Å²) in [5.41, 5.74) is 0.352. The molecule has 2 saturated carbocycles. The molecule has 0 spiro atoms. The molecule has 2 rings (SSSR count). The van der Waals surface area contributed by atoms with E-state index in [0.29, 0.717) is 0 Å². The van der Waals surface area contributed by atoms with Gasteiger partial charge >= 0.3 is 11.9 Å². The Morgan fingerprint density at radius 1 is 0.412 bits per heavy atom. The molecule has 0 aromatic carbocycles. The average Bonchev–Trinajstić information content (AvgIpc) is 2.84. The molecule has 0 heterocycles. The maximum atomic E-state index is 9.60. The Hall–Kier alpha value is -1.62. The standard InChI is InChI=1S/2C10H20.2C4H6O2.CH4O/c2*1-2-4-6-8-10-9-7-5-3-1;2*1-3(2)4(5)6;1-2/h2*1-10H2;2*1H2,2H3,(H,5,6);2H,1H3. The molecular formula is C29H56O5. The minimum atomic E-state index is -0.935. The molecule has 0 atom stereocenters. The van der Waals surface area contributed by atoms with Gasteiger partial charge in [-0.3, -0.25) is 0 Å². The Morgan fingerprint density at radius 3 is 0.500 bits per heavy atom. The highest BCUT2D eigenvalue weighted by Gasteiger charge is 1.97. The fraction of sp³-hybridized carbons (Fsp3) is 0.793. The third-order valence-corrected chi connectivity index (χ3v) is 5.73. The number of aliphatic hydroxyl groups is 1. The normalized spacial score (nSPS) is 16.9. The van der Waals surface area contributed by atoms with Crippen LogP contribution < -0.4 is 0 Å². The molecule has 0 radical (unpaired) electrons. The number of carboxylic acids is 2. The molecule has 0 bridgehead atoms. The molecule has 5 nitrogen and oxygen atoms in total. The van der Waals surface area contributed by atoms with Crippen LogP contribution in [0.25, 0.3) is 0 Å². The second-order valence-electron chi connectivity index (χ2n) is 9.24. The van der Waals surface area contributed by atoms with Crippen molar-refractivity contribution < 1.29 is 24.9 Å². The fourth-order valence-electron chi connectivity index (χ4n) is 3.54. The third-order valence-electron chi connectivity index (χ3n) is 5.73. The van der Waals surface area contributed by atoms with Gasteiger partial charge in [-0.1, -0.05) is 142 Å². The van der Waals surface area contributed by atoms with E-state index in [1.54, 1.807) is 0 Å². The molecule has 34 heavy (non-hydrogen) atoms. The summed E-state index contributed by atoms with van der Waals surface area (Å²) in [5, 5.41) is 22.8. The van der Waals surface area contributed by atoms with Crippen LogP contribution in [0.5, 0.6) is 0 Å². The first-order chi connectivity index (χ1) is 16.3. The molecule has 2 fully saturated rings. The van der Waals surface area contributed by atoms with Gasteiger partial charge in [0.1, 0.15) is 0 Å². The van der Waals surface area contributed by atoms with Gasteiger partial charge in [-0.05, 0) is 13.8 Å². The number of hydrogen-bond acceptors (Lipinski definition) is 3. The number of carbonyl (C=O) groups is 2. The van der Waals surface area contributed by atoms with E-state index >= 15 is 0 Å². The molecule has 2 aliphatic rings. The van der Waals surface area contributed by atoms with E-state index in [1.165, 1.54) is 142 Å². The van der Waals surface area contributed by atoms with E-state index in [-0.39, 0.29) is 11.1 Å². The molecule has 0 aliphatic heterocycles. The van der Waals surface area contributed by atoms with Gasteiger partial charge in [-0.2, -0.15) is 0 Å². The summed E-state index contributed by atoms with van der Waals surface area (Å²) in [6, 6.07) is 0. The van der Waals surface area contributed by atoms with Crippen LogP contribution in [0.1, 0.15) is 142 Å². The first-order valence-corrected chi connectivity index (χ1v) is 13.5. The van der Waals surface area contributed by atoms with Crippen LogP contribution in [-0.2, 0) is 9.59 Å². The summed E-state index contributed by atoms with van der Waals surface area (Å²) < 4.78 is 0. The van der Waals surface area contributed by atoms with Crippen LogP contribution in [-0.4, -0.2) is 34.4 Å². The van der Waals surface area contributed by atoms with Crippen molar-refractivity contribution in [1.29, 1.82) is 0 Å². The Labute approximate surface area is 210 Å². The Balaban J connectivity index is -0.000000379. The largest absolute Gasteiger partial charge is 0.478 e. The summed E-state index contributed by atoms with van der Waals surface area (Å²) in [6.45, 7) is 9.20. The molecule has 0 unspecified atom stereocenters. The molecule has 202 valence electrons. The number of hydrogen-bond donors (Lipinski definition) is 3. The van der Waals surface area contributed by atoms with Gasteiger partial charge in [0.25, 0.3) is 0 Å². The monoisotopic (exact) mass is 484 g/mol. The van der Waals surface area contributed by atoms with Crippen molar-refractivity contribution in [2.45, 2.75) is 142 Å². The Kier molecular flexibility index (Phi) is 34.1. The lowest BCUT2D eigenvalue weighted by Crippen LogP contribution is -1.92. The lowest BCUT2D eigenvalue weighted by molar-refractivity contribution is -0.133. The molecule has 0 aromatic rings. The van der Waals surface area contributed by atoms with Crippen molar-refractivity contribution in [3.63, 3.8) is 0 Å². The minimum Gasteiger partial charge on any atom is -0.478 e. The van der Waals surface area contributed by atoms with Gasteiger partial charge in [0.2, 0.25) is 0 Å². The predicted molar refractivity (Wildman–Crippen MR) is 145 cm³/mol. The van der Waals surface area contributed by atoms with Crippen molar-refractivity contribution in [2.75, 3.05) is 7.11 Å². The topological polar surface area (TPSA) is 94.8 Å². The van der Waals surface area contributed by atoms with Crippen LogP contribution in [0.15, 0.2) is 24.3 Å². The number of aliphatic carboxylic acids is 2. The highest BCUT2D eigenvalue weighted by molar-refractivity contribution is 5.85. The molecule has 0 amide bonds. The lowest BCUT2D eigenvalue weighted by atomic mass is 10.0. The van der Waals surface area contributed by atoms with Crippen molar-refractivity contribution >= 4 is 11.9 Å². The molecule has 3 N–H and O–H groups in total. The first-order valence-electron chi connectivity index (χ1n) is 13.5. The average molecular weight is 485 g/mol. The van der Waals surface area contributed by atoms with Gasteiger partial charge in [0.15, 0.2) is 0 Å². The SMILES string of the molecule is C1CCCCCCCCC1.C1CCCCCCCCC1.C=C(C)C(=O)O.C=C(C)C(=O)O.CO. The van der Waals surface area contributed by atoms with Crippen molar-refractivity contribution in [2.24, 2.45) is 0 Å². The maximum absolute atomic E-state index is 9.60. The van der Waals surface area contributed by atoms with Gasteiger partial charge in [-0.25, -0.2) is 9.59 Å². The predicted octanol–water partition coefficient (Wildman–Crippen LogP) is 8.70. The van der Waals surface area contributed by atoms with Gasteiger partial charge in [-0.15, -0.1) is 0 Å². The molecule has 0 saturated heterocycles. The summed E-state index contributed by atoms with van der Waals surface area (Å²) in [5.74, 6) is -1.87. The Morgan fingerprint density at radius 2 is 0.471 bits per heavy atom. The van der Waals surface area contributed by atoms with E-state index in [9.17, 15) is 9.59 Å². The lowest BCUT2D eigenvalue weighted by Gasteiger charge is -2.05. The van der Waals surface area contributed by atoms with E-state index < -0.39 is 11.9 Å². The molecule has 0 aromatic heterocycles. The second kappa shape index (κ2) is 31.4. The highest BCUT2D eigenvalue weighted by atomic mass is 16.4. The quantitative estimate of drug-likeness (QED) is 0.341. The van der Waals surface area contributed by atoms with E-state index in [2.05, 4.69) is 13.2 Å². The smallest absolute Gasteiger partial charge is 0.330 e. The zero-order valence-corrected chi connectivity index (χ0v) is 22.7. The maximum Gasteiger partial charge on any atom is 0.330 e. The fourth-order valence-corrected chi connectivity index (χ4v) is 3.54. The van der Waals surface area contributed by atoms with E-state index in [1.807, 2.05) is 0 Å². The van der Waals surface area contributed by atoms with Crippen LogP contribution >= 0.6 is 0 Å². The molecular weight excluding hydrogens is 428 g/mol. The Bertz CT molecular complexity index is 350. The second-order valence-corrected chi connectivity index (χ2v) is 9.24. The van der Waals surface area contributed by atoms with Crippen molar-refractivity contribution in [1.82, 2.24) is 0 Å². The number of carboxylic acid groups (broad SMARTS) is 2. The van der Waals surface area contributed by atoms with E-state index in [0.717, 1.165) is 7.11 Å². The van der Waals surface area contributed by atoms with Gasteiger partial charge in [0, 0.05) is 18.3 Å². The van der Waals surface area contributed by atoms with Crippen molar-refractivity contribution in [3.8, 4) is 0 Å². The molecule has 2 aliphatic carbocycles. The van der Waals surface area contributed by atoms with Crippen LogP contribution in [0, 0.1) is 0 Å². The summed E-state index contributed by atoms with van der Waals surface area (Å²) >= 11 is 0. The summed E-state index contributed by atoms with van der Waals surface area (Å²) in [4.78, 5) is 19.2. The van der Waals surface area contributed by atoms with Crippen molar-refractivity contribution in [3.05, 3.63) is 24.3 Å².